The molecule has 2 heterocycles. The van der Waals surface area contributed by atoms with Crippen LogP contribution in [0.2, 0.25) is 0 Å². The second kappa shape index (κ2) is 7.04. The zero-order valence-corrected chi connectivity index (χ0v) is 13.6. The number of ether oxygens (including phenoxy) is 2. The molecule has 8 heteroatoms. The van der Waals surface area contributed by atoms with Gasteiger partial charge >= 0.3 is 11.9 Å². The van der Waals surface area contributed by atoms with Gasteiger partial charge in [-0.3, -0.25) is 0 Å². The minimum atomic E-state index is -2.26. The molecule has 0 saturated carbocycles. The molecule has 0 saturated heterocycles. The molecule has 0 amide bonds. The lowest BCUT2D eigenvalue weighted by Gasteiger charge is -2.38. The van der Waals surface area contributed by atoms with Crippen LogP contribution in [-0.4, -0.2) is 41.3 Å². The Hall–Kier alpha value is -3.36. The van der Waals surface area contributed by atoms with E-state index in [9.17, 15) is 25.2 Å². The highest BCUT2D eigenvalue weighted by Gasteiger charge is 2.54. The van der Waals surface area contributed by atoms with Crippen molar-refractivity contribution in [1.29, 1.82) is 10.5 Å². The molecule has 0 fully saturated rings. The number of aliphatic carboxylic acids is 1. The summed E-state index contributed by atoms with van der Waals surface area (Å²) < 4.78 is 10.3. The van der Waals surface area contributed by atoms with Gasteiger partial charge in [0.1, 0.15) is 29.0 Å². The summed E-state index contributed by atoms with van der Waals surface area (Å²) in [6.45, 7) is 1.89. The summed E-state index contributed by atoms with van der Waals surface area (Å²) >= 11 is 0. The van der Waals surface area contributed by atoms with Crippen LogP contribution in [0.3, 0.4) is 0 Å². The van der Waals surface area contributed by atoms with Crippen molar-refractivity contribution in [3.05, 3.63) is 47.0 Å². The molecule has 1 unspecified atom stereocenters. The van der Waals surface area contributed by atoms with Crippen LogP contribution in [-0.2, 0) is 19.1 Å². The Morgan fingerprint density at radius 1 is 1.32 bits per heavy atom. The zero-order valence-electron chi connectivity index (χ0n) is 13.6. The van der Waals surface area contributed by atoms with Crippen molar-refractivity contribution in [1.82, 2.24) is 4.90 Å². The standard InChI is InChI=1S/C17H15N3O5/c1-3-8-25-16(23)14-11-6-4-5-7-20(11)12(9-18)13(15(21)22)17(14,10-19)24-2/h4-7H,3,8H2,1-2H3,(H,21,22). The van der Waals surface area contributed by atoms with E-state index < -0.39 is 23.1 Å². The van der Waals surface area contributed by atoms with Crippen molar-refractivity contribution >= 4 is 11.9 Å². The molecule has 25 heavy (non-hydrogen) atoms. The summed E-state index contributed by atoms with van der Waals surface area (Å²) in [4.78, 5) is 25.7. The molecule has 0 radical (unpaired) electrons. The Morgan fingerprint density at radius 2 is 2.04 bits per heavy atom. The van der Waals surface area contributed by atoms with Crippen LogP contribution in [0.25, 0.3) is 0 Å². The number of nitriles is 2. The first-order valence-corrected chi connectivity index (χ1v) is 7.39. The molecular formula is C17H15N3O5. The maximum Gasteiger partial charge on any atom is 0.340 e. The highest BCUT2D eigenvalue weighted by atomic mass is 16.5. The minimum Gasteiger partial charge on any atom is -0.478 e. The smallest absolute Gasteiger partial charge is 0.340 e. The fourth-order valence-electron chi connectivity index (χ4n) is 2.67. The number of methoxy groups -OCH3 is 1. The Kier molecular flexibility index (Phi) is 5.06. The molecule has 0 aliphatic carbocycles. The number of fused-ring (bicyclic) bond motifs is 1. The third kappa shape index (κ3) is 2.69. The quantitative estimate of drug-likeness (QED) is 0.743. The number of carbonyl (C=O) groups is 2. The highest BCUT2D eigenvalue weighted by molar-refractivity contribution is 6.02. The van der Waals surface area contributed by atoms with E-state index in [0.717, 1.165) is 7.11 Å². The van der Waals surface area contributed by atoms with E-state index in [-0.39, 0.29) is 23.6 Å². The van der Waals surface area contributed by atoms with Crippen LogP contribution in [0.1, 0.15) is 13.3 Å². The first-order valence-electron chi connectivity index (χ1n) is 7.39. The van der Waals surface area contributed by atoms with Crippen molar-refractivity contribution in [2.45, 2.75) is 18.9 Å². The van der Waals surface area contributed by atoms with Gasteiger partial charge in [-0.15, -0.1) is 0 Å². The number of hydrogen-bond donors (Lipinski definition) is 1. The third-order valence-corrected chi connectivity index (χ3v) is 3.72. The van der Waals surface area contributed by atoms with E-state index in [1.807, 2.05) is 0 Å². The largest absolute Gasteiger partial charge is 0.478 e. The first kappa shape index (κ1) is 18.0. The Morgan fingerprint density at radius 3 is 2.56 bits per heavy atom. The fourth-order valence-corrected chi connectivity index (χ4v) is 2.67. The predicted molar refractivity (Wildman–Crippen MR) is 84.0 cm³/mol. The van der Waals surface area contributed by atoms with Crippen molar-refractivity contribution in [3.63, 3.8) is 0 Å². The van der Waals surface area contributed by atoms with Gasteiger partial charge in [-0.2, -0.15) is 10.5 Å². The van der Waals surface area contributed by atoms with Crippen molar-refractivity contribution in [2.24, 2.45) is 0 Å². The lowest BCUT2D eigenvalue weighted by molar-refractivity contribution is -0.141. The molecule has 0 aromatic carbocycles. The number of nitrogens with zero attached hydrogens (tertiary/aromatic N) is 3. The number of hydrogen-bond acceptors (Lipinski definition) is 7. The van der Waals surface area contributed by atoms with Crippen LogP contribution in [0, 0.1) is 22.7 Å². The molecule has 2 rings (SSSR count). The summed E-state index contributed by atoms with van der Waals surface area (Å²) in [6, 6.07) is 3.53. The Bertz CT molecular complexity index is 822. The van der Waals surface area contributed by atoms with E-state index in [0.29, 0.717) is 6.42 Å². The Balaban J connectivity index is 2.83. The number of rotatable bonds is 5. The van der Waals surface area contributed by atoms with Gasteiger partial charge in [0.15, 0.2) is 0 Å². The maximum atomic E-state index is 12.6. The van der Waals surface area contributed by atoms with Crippen LogP contribution >= 0.6 is 0 Å². The zero-order chi connectivity index (χ0) is 18.6. The molecule has 1 atom stereocenters. The van der Waals surface area contributed by atoms with Gasteiger partial charge in [0.05, 0.1) is 12.3 Å². The topological polar surface area (TPSA) is 124 Å². The number of esters is 1. The average molecular weight is 341 g/mol. The fraction of sp³-hybridized carbons (Fsp3) is 0.294. The van der Waals surface area contributed by atoms with Gasteiger partial charge in [-0.05, 0) is 18.6 Å². The molecule has 1 N–H and O–H groups in total. The minimum absolute atomic E-state index is 0.0949. The van der Waals surface area contributed by atoms with Crippen molar-refractivity contribution < 1.29 is 24.2 Å². The van der Waals surface area contributed by atoms with E-state index >= 15 is 0 Å². The van der Waals surface area contributed by atoms with Crippen molar-refractivity contribution in [3.8, 4) is 12.1 Å². The van der Waals surface area contributed by atoms with Crippen LogP contribution in [0.5, 0.6) is 0 Å². The van der Waals surface area contributed by atoms with E-state index in [1.165, 1.54) is 17.2 Å². The van der Waals surface area contributed by atoms with Gasteiger partial charge < -0.3 is 19.5 Å². The highest BCUT2D eigenvalue weighted by Crippen LogP contribution is 2.42. The van der Waals surface area contributed by atoms with Gasteiger partial charge in [-0.1, -0.05) is 13.0 Å². The van der Waals surface area contributed by atoms with Gasteiger partial charge in [-0.25, -0.2) is 9.59 Å². The van der Waals surface area contributed by atoms with Crippen LogP contribution < -0.4 is 0 Å². The number of allylic oxidation sites excluding steroid dienone is 4. The summed E-state index contributed by atoms with van der Waals surface area (Å²) in [5.74, 6) is -2.41. The monoisotopic (exact) mass is 341 g/mol. The summed E-state index contributed by atoms with van der Waals surface area (Å²) in [6.07, 6.45) is 6.63. The Labute approximate surface area is 144 Å². The van der Waals surface area contributed by atoms with E-state index in [1.54, 1.807) is 31.2 Å². The normalized spacial score (nSPS) is 21.5. The molecule has 0 aromatic rings. The average Bonchev–Trinajstić information content (AvgIpc) is 2.63. The maximum absolute atomic E-state index is 12.6. The molecule has 0 bridgehead atoms. The lowest BCUT2D eigenvalue weighted by atomic mass is 9.80. The number of carboxylic acids is 1. The second-order valence-electron chi connectivity index (χ2n) is 5.10. The summed E-state index contributed by atoms with van der Waals surface area (Å²) in [5.41, 5.74) is -3.31. The number of carboxylic acid groups (broad SMARTS) is 1. The molecular weight excluding hydrogens is 326 g/mol. The molecule has 0 aromatic heterocycles. The van der Waals surface area contributed by atoms with E-state index in [2.05, 4.69) is 0 Å². The van der Waals surface area contributed by atoms with Gasteiger partial charge in [0, 0.05) is 13.3 Å². The summed E-state index contributed by atoms with van der Waals surface area (Å²) in [5, 5.41) is 28.8. The molecule has 128 valence electrons. The SMILES string of the molecule is CCCOC(=O)C1=C2C=CC=CN2C(C#N)=C(C(=O)O)C1(C#N)OC. The molecule has 2 aliphatic heterocycles. The number of carbonyl (C=O) groups excluding carboxylic acids is 1. The van der Waals surface area contributed by atoms with Gasteiger partial charge in [0.2, 0.25) is 5.60 Å². The molecule has 2 aliphatic rings. The van der Waals surface area contributed by atoms with Gasteiger partial charge in [0.25, 0.3) is 0 Å². The van der Waals surface area contributed by atoms with Crippen LogP contribution in [0.4, 0.5) is 0 Å². The predicted octanol–water partition coefficient (Wildman–Crippen LogP) is 1.36. The second-order valence-corrected chi connectivity index (χ2v) is 5.10. The summed E-state index contributed by atoms with van der Waals surface area (Å²) in [7, 11) is 1.10. The van der Waals surface area contributed by atoms with Crippen LogP contribution in [0.15, 0.2) is 47.0 Å². The third-order valence-electron chi connectivity index (χ3n) is 3.72. The molecule has 8 nitrogen and oxygen atoms in total. The van der Waals surface area contributed by atoms with E-state index in [4.69, 9.17) is 9.47 Å². The van der Waals surface area contributed by atoms with Crippen molar-refractivity contribution in [2.75, 3.05) is 13.7 Å². The lowest BCUT2D eigenvalue weighted by Crippen LogP contribution is -2.48. The first-order chi connectivity index (χ1) is 12.0. The molecule has 0 spiro atoms.